The Bertz CT molecular complexity index is 1170. The first-order valence-electron chi connectivity index (χ1n) is 13.0. The van der Waals surface area contributed by atoms with E-state index < -0.39 is 6.04 Å². The number of para-hydroxylation sites is 2. The number of hydrogen-bond acceptors (Lipinski definition) is 4. The summed E-state index contributed by atoms with van der Waals surface area (Å²) in [5, 5.41) is 3.23. The van der Waals surface area contributed by atoms with Gasteiger partial charge in [0.1, 0.15) is 6.04 Å². The summed E-state index contributed by atoms with van der Waals surface area (Å²) >= 11 is 0. The van der Waals surface area contributed by atoms with Crippen molar-refractivity contribution in [2.45, 2.75) is 57.7 Å². The molecule has 4 rings (SSSR count). The number of amides is 2. The molecule has 3 aromatic carbocycles. The second-order valence-electron chi connectivity index (χ2n) is 9.65. The average Bonchev–Trinajstić information content (AvgIpc) is 3.43. The van der Waals surface area contributed by atoms with E-state index in [1.165, 1.54) is 0 Å². The minimum Gasteiger partial charge on any atom is -0.493 e. The summed E-state index contributed by atoms with van der Waals surface area (Å²) in [6.45, 7) is 2.13. The zero-order valence-corrected chi connectivity index (χ0v) is 21.7. The van der Waals surface area contributed by atoms with Crippen molar-refractivity contribution >= 4 is 11.8 Å². The van der Waals surface area contributed by atoms with Gasteiger partial charge in [0, 0.05) is 19.0 Å². The average molecular weight is 501 g/mol. The molecule has 1 unspecified atom stereocenters. The van der Waals surface area contributed by atoms with Crippen LogP contribution in [-0.4, -0.2) is 42.5 Å². The van der Waals surface area contributed by atoms with Crippen LogP contribution in [0.2, 0.25) is 0 Å². The molecule has 1 N–H and O–H groups in total. The molecule has 3 aromatic rings. The molecule has 0 aliphatic heterocycles. The molecular formula is C31H36N2O4. The molecule has 1 aliphatic rings. The van der Waals surface area contributed by atoms with Crippen molar-refractivity contribution in [3.05, 3.63) is 95.6 Å². The van der Waals surface area contributed by atoms with Crippen LogP contribution >= 0.6 is 0 Å². The van der Waals surface area contributed by atoms with Crippen LogP contribution < -0.4 is 14.8 Å². The van der Waals surface area contributed by atoms with Crippen molar-refractivity contribution in [3.8, 4) is 11.5 Å². The van der Waals surface area contributed by atoms with Gasteiger partial charge in [0.15, 0.2) is 18.1 Å². The third-order valence-corrected chi connectivity index (χ3v) is 6.83. The number of carbonyl (C=O) groups excluding carboxylic acids is 2. The van der Waals surface area contributed by atoms with Crippen molar-refractivity contribution in [2.24, 2.45) is 0 Å². The number of benzene rings is 3. The Morgan fingerprint density at radius 3 is 2.30 bits per heavy atom. The van der Waals surface area contributed by atoms with E-state index in [1.54, 1.807) is 24.1 Å². The Balaban J connectivity index is 1.62. The summed E-state index contributed by atoms with van der Waals surface area (Å²) in [5.41, 5.74) is 3.07. The molecule has 1 atom stereocenters. The lowest BCUT2D eigenvalue weighted by Crippen LogP contribution is -2.53. The van der Waals surface area contributed by atoms with Crippen LogP contribution in [0.1, 0.15) is 42.4 Å². The molecule has 6 nitrogen and oxygen atoms in total. The zero-order valence-electron chi connectivity index (χ0n) is 21.7. The number of carbonyl (C=O) groups is 2. The summed E-state index contributed by atoms with van der Waals surface area (Å²) < 4.78 is 11.3. The Hall–Kier alpha value is -3.80. The molecule has 2 amide bonds. The summed E-state index contributed by atoms with van der Waals surface area (Å²) in [6.07, 6.45) is 4.62. The van der Waals surface area contributed by atoms with E-state index in [4.69, 9.17) is 9.47 Å². The van der Waals surface area contributed by atoms with Crippen LogP contribution in [0.25, 0.3) is 0 Å². The molecule has 6 heteroatoms. The topological polar surface area (TPSA) is 67.9 Å². The quantitative estimate of drug-likeness (QED) is 0.399. The second kappa shape index (κ2) is 12.9. The van der Waals surface area contributed by atoms with Gasteiger partial charge in [-0.05, 0) is 43.0 Å². The molecular weight excluding hydrogens is 464 g/mol. The first-order chi connectivity index (χ1) is 18.0. The lowest BCUT2D eigenvalue weighted by atomic mass is 10.0. The minimum atomic E-state index is -0.669. The van der Waals surface area contributed by atoms with Crippen molar-refractivity contribution < 1.29 is 19.1 Å². The van der Waals surface area contributed by atoms with Crippen LogP contribution in [0.4, 0.5) is 0 Å². The highest BCUT2D eigenvalue weighted by atomic mass is 16.5. The maximum absolute atomic E-state index is 13.8. The van der Waals surface area contributed by atoms with Crippen molar-refractivity contribution in [3.63, 3.8) is 0 Å². The van der Waals surface area contributed by atoms with Gasteiger partial charge in [-0.3, -0.25) is 9.59 Å². The molecule has 194 valence electrons. The fourth-order valence-electron chi connectivity index (χ4n) is 4.89. The van der Waals surface area contributed by atoms with E-state index in [0.717, 1.165) is 42.4 Å². The molecule has 0 aromatic heterocycles. The van der Waals surface area contributed by atoms with E-state index >= 15 is 0 Å². The van der Waals surface area contributed by atoms with E-state index in [2.05, 4.69) is 11.4 Å². The predicted molar refractivity (Wildman–Crippen MR) is 145 cm³/mol. The number of nitrogens with zero attached hydrogens (tertiary/aromatic N) is 1. The lowest BCUT2D eigenvalue weighted by molar-refractivity contribution is -0.143. The van der Waals surface area contributed by atoms with E-state index in [0.29, 0.717) is 24.5 Å². The van der Waals surface area contributed by atoms with Crippen LogP contribution in [0, 0.1) is 6.92 Å². The molecule has 1 saturated carbocycles. The van der Waals surface area contributed by atoms with Gasteiger partial charge >= 0.3 is 0 Å². The summed E-state index contributed by atoms with van der Waals surface area (Å²) in [5.74, 6) is 0.674. The van der Waals surface area contributed by atoms with Crippen molar-refractivity contribution in [1.82, 2.24) is 10.2 Å². The minimum absolute atomic E-state index is 0.117. The molecule has 1 aliphatic carbocycles. The Morgan fingerprint density at radius 2 is 1.59 bits per heavy atom. The molecule has 0 heterocycles. The second-order valence-corrected chi connectivity index (χ2v) is 9.65. The number of methoxy groups -OCH3 is 1. The SMILES string of the molecule is COc1ccccc1OCC(=O)N(Cc1cccc(C)c1)C(Cc1ccccc1)C(=O)NC1CCCC1. The van der Waals surface area contributed by atoms with E-state index in [9.17, 15) is 9.59 Å². The van der Waals surface area contributed by atoms with Crippen LogP contribution in [0.5, 0.6) is 11.5 Å². The van der Waals surface area contributed by atoms with Crippen molar-refractivity contribution in [2.75, 3.05) is 13.7 Å². The smallest absolute Gasteiger partial charge is 0.261 e. The van der Waals surface area contributed by atoms with Crippen LogP contribution in [-0.2, 0) is 22.6 Å². The highest BCUT2D eigenvalue weighted by Crippen LogP contribution is 2.26. The van der Waals surface area contributed by atoms with Crippen LogP contribution in [0.3, 0.4) is 0 Å². The lowest BCUT2D eigenvalue weighted by Gasteiger charge is -2.32. The number of nitrogens with one attached hydrogen (secondary N) is 1. The van der Waals surface area contributed by atoms with Gasteiger partial charge in [-0.25, -0.2) is 0 Å². The maximum Gasteiger partial charge on any atom is 0.261 e. The predicted octanol–water partition coefficient (Wildman–Crippen LogP) is 5.08. The van der Waals surface area contributed by atoms with E-state index in [-0.39, 0.29) is 24.5 Å². The number of rotatable bonds is 11. The third-order valence-electron chi connectivity index (χ3n) is 6.83. The Morgan fingerprint density at radius 1 is 0.919 bits per heavy atom. The fraction of sp³-hybridized carbons (Fsp3) is 0.355. The monoisotopic (exact) mass is 500 g/mol. The summed E-state index contributed by atoms with van der Waals surface area (Å²) in [6, 6.07) is 24.6. The Kier molecular flexibility index (Phi) is 9.19. The molecule has 0 saturated heterocycles. The molecule has 0 radical (unpaired) electrons. The standard InChI is InChI=1S/C31H36N2O4/c1-23-11-10-14-25(19-23)21-33(30(34)22-37-29-18-9-8-17-28(29)36-2)27(20-24-12-4-3-5-13-24)31(35)32-26-15-6-7-16-26/h3-5,8-14,17-19,26-27H,6-7,15-16,20-22H2,1-2H3,(H,32,35). The highest BCUT2D eigenvalue weighted by Gasteiger charge is 2.32. The molecule has 0 bridgehead atoms. The molecule has 1 fully saturated rings. The maximum atomic E-state index is 13.8. The number of hydrogen-bond donors (Lipinski definition) is 1. The molecule has 0 spiro atoms. The first kappa shape index (κ1) is 26.3. The number of aryl methyl sites for hydroxylation is 1. The van der Waals surface area contributed by atoms with Gasteiger partial charge in [-0.15, -0.1) is 0 Å². The summed E-state index contributed by atoms with van der Waals surface area (Å²) in [4.78, 5) is 29.1. The first-order valence-corrected chi connectivity index (χ1v) is 13.0. The van der Waals surface area contributed by atoms with E-state index in [1.807, 2.05) is 67.6 Å². The largest absolute Gasteiger partial charge is 0.493 e. The van der Waals surface area contributed by atoms with Gasteiger partial charge in [-0.1, -0.05) is 85.1 Å². The van der Waals surface area contributed by atoms with Gasteiger partial charge < -0.3 is 19.7 Å². The zero-order chi connectivity index (χ0) is 26.0. The number of ether oxygens (including phenoxy) is 2. The van der Waals surface area contributed by atoms with Gasteiger partial charge in [-0.2, -0.15) is 0 Å². The normalized spacial score (nSPS) is 14.1. The van der Waals surface area contributed by atoms with Gasteiger partial charge in [0.05, 0.1) is 7.11 Å². The highest BCUT2D eigenvalue weighted by molar-refractivity contribution is 5.88. The molecule has 37 heavy (non-hydrogen) atoms. The van der Waals surface area contributed by atoms with Crippen LogP contribution in [0.15, 0.2) is 78.9 Å². The van der Waals surface area contributed by atoms with Gasteiger partial charge in [0.25, 0.3) is 5.91 Å². The van der Waals surface area contributed by atoms with Gasteiger partial charge in [0.2, 0.25) is 5.91 Å². The summed E-state index contributed by atoms with van der Waals surface area (Å²) in [7, 11) is 1.57. The third kappa shape index (κ3) is 7.35. The fourth-order valence-corrected chi connectivity index (χ4v) is 4.89. The Labute approximate surface area is 219 Å². The van der Waals surface area contributed by atoms with Crippen molar-refractivity contribution in [1.29, 1.82) is 0 Å².